The molecule has 4 aromatic rings. The molecule has 25 heavy (non-hydrogen) atoms. The molecule has 6 heteroatoms. The smallest absolute Gasteiger partial charge is 0.253 e. The number of benzene rings is 2. The number of fused-ring (bicyclic) bond motifs is 2. The van der Waals surface area contributed by atoms with Crippen LogP contribution in [0.15, 0.2) is 47.4 Å². The van der Waals surface area contributed by atoms with Gasteiger partial charge in [-0.2, -0.15) is 5.10 Å². The van der Waals surface area contributed by atoms with Gasteiger partial charge in [-0.1, -0.05) is 18.5 Å². The summed E-state index contributed by atoms with van der Waals surface area (Å²) in [6.45, 7) is 2.54. The number of hydrogen-bond acceptors (Lipinski definition) is 3. The van der Waals surface area contributed by atoms with Crippen LogP contribution < -0.4 is 10.9 Å². The van der Waals surface area contributed by atoms with Crippen LogP contribution >= 0.6 is 11.6 Å². The van der Waals surface area contributed by atoms with Crippen molar-refractivity contribution in [3.05, 3.63) is 69.1 Å². The number of aromatic nitrogens is 3. The second kappa shape index (κ2) is 6.26. The van der Waals surface area contributed by atoms with E-state index in [2.05, 4.69) is 27.4 Å². The summed E-state index contributed by atoms with van der Waals surface area (Å²) in [6, 6.07) is 11.4. The number of anilines is 1. The third-order valence-corrected chi connectivity index (χ3v) is 4.67. The number of rotatable bonds is 4. The van der Waals surface area contributed by atoms with Crippen molar-refractivity contribution in [2.24, 2.45) is 0 Å². The number of aromatic amines is 2. The van der Waals surface area contributed by atoms with E-state index in [1.165, 1.54) is 0 Å². The minimum atomic E-state index is -0.0945. The normalized spacial score (nSPS) is 11.3. The SMILES string of the molecule is CCc1c(NCc2cc3cc(Cl)ccc3[nH]c2=O)ccc2cn[nH]c12. The maximum absolute atomic E-state index is 12.3. The van der Waals surface area contributed by atoms with Crippen LogP contribution in [-0.4, -0.2) is 15.2 Å². The van der Waals surface area contributed by atoms with Crippen molar-refractivity contribution in [1.29, 1.82) is 0 Å². The molecule has 0 radical (unpaired) electrons. The lowest BCUT2D eigenvalue weighted by Crippen LogP contribution is -2.16. The summed E-state index contributed by atoms with van der Waals surface area (Å²) in [5.41, 5.74) is 4.56. The highest BCUT2D eigenvalue weighted by Crippen LogP contribution is 2.25. The van der Waals surface area contributed by atoms with Gasteiger partial charge in [0.2, 0.25) is 0 Å². The van der Waals surface area contributed by atoms with Gasteiger partial charge in [-0.3, -0.25) is 9.89 Å². The maximum atomic E-state index is 12.3. The molecule has 0 aliphatic carbocycles. The largest absolute Gasteiger partial charge is 0.380 e. The lowest BCUT2D eigenvalue weighted by atomic mass is 10.1. The second-order valence-corrected chi connectivity index (χ2v) is 6.42. The van der Waals surface area contributed by atoms with Crippen LogP contribution in [0, 0.1) is 0 Å². The molecule has 0 amide bonds. The Morgan fingerprint density at radius 1 is 1.16 bits per heavy atom. The first kappa shape index (κ1) is 15.7. The maximum Gasteiger partial charge on any atom is 0.253 e. The number of hydrogen-bond donors (Lipinski definition) is 3. The van der Waals surface area contributed by atoms with Crippen molar-refractivity contribution < 1.29 is 0 Å². The van der Waals surface area contributed by atoms with E-state index >= 15 is 0 Å². The molecular formula is C19H17ClN4O. The molecule has 0 saturated carbocycles. The molecule has 0 aliphatic heterocycles. The minimum absolute atomic E-state index is 0.0945. The first-order chi connectivity index (χ1) is 12.2. The molecule has 2 aromatic carbocycles. The minimum Gasteiger partial charge on any atom is -0.380 e. The van der Waals surface area contributed by atoms with Crippen molar-refractivity contribution in [3.8, 4) is 0 Å². The molecule has 0 spiro atoms. The van der Waals surface area contributed by atoms with Crippen molar-refractivity contribution >= 4 is 39.1 Å². The summed E-state index contributed by atoms with van der Waals surface area (Å²) >= 11 is 6.05. The number of pyridine rings is 1. The third-order valence-electron chi connectivity index (χ3n) is 4.43. The van der Waals surface area contributed by atoms with E-state index in [9.17, 15) is 4.79 Å². The quantitative estimate of drug-likeness (QED) is 0.514. The predicted octanol–water partition coefficient (Wildman–Crippen LogP) is 4.23. The van der Waals surface area contributed by atoms with Crippen LogP contribution in [0.1, 0.15) is 18.1 Å². The Hall–Kier alpha value is -2.79. The average molecular weight is 353 g/mol. The molecule has 4 rings (SSSR count). The molecule has 0 unspecified atom stereocenters. The van der Waals surface area contributed by atoms with E-state index in [4.69, 9.17) is 11.6 Å². The molecule has 0 saturated heterocycles. The lowest BCUT2D eigenvalue weighted by Gasteiger charge is -2.12. The zero-order chi connectivity index (χ0) is 17.4. The highest BCUT2D eigenvalue weighted by atomic mass is 35.5. The first-order valence-corrected chi connectivity index (χ1v) is 8.54. The summed E-state index contributed by atoms with van der Waals surface area (Å²) in [6.07, 6.45) is 2.68. The van der Waals surface area contributed by atoms with Gasteiger partial charge in [0.25, 0.3) is 5.56 Å². The Morgan fingerprint density at radius 3 is 2.88 bits per heavy atom. The van der Waals surface area contributed by atoms with Crippen LogP contribution in [-0.2, 0) is 13.0 Å². The standard InChI is InChI=1S/C19H17ClN4O/c1-2-15-17(5-3-11-10-22-24-18(11)15)21-9-13-7-12-8-14(20)4-6-16(12)23-19(13)25/h3-8,10,21H,2,9H2,1H3,(H,22,24)(H,23,25). The molecule has 3 N–H and O–H groups in total. The van der Waals surface area contributed by atoms with Crippen LogP contribution in [0.2, 0.25) is 5.02 Å². The van der Waals surface area contributed by atoms with E-state index in [-0.39, 0.29) is 5.56 Å². The average Bonchev–Trinajstić information content (AvgIpc) is 3.08. The fourth-order valence-electron chi connectivity index (χ4n) is 3.15. The number of aryl methyl sites for hydroxylation is 1. The van der Waals surface area contributed by atoms with E-state index in [1.54, 1.807) is 6.07 Å². The lowest BCUT2D eigenvalue weighted by molar-refractivity contribution is 1.06. The monoisotopic (exact) mass is 352 g/mol. The van der Waals surface area contributed by atoms with E-state index in [0.29, 0.717) is 17.1 Å². The fourth-order valence-corrected chi connectivity index (χ4v) is 3.33. The summed E-state index contributed by atoms with van der Waals surface area (Å²) in [5, 5.41) is 13.2. The van der Waals surface area contributed by atoms with Gasteiger partial charge in [-0.25, -0.2) is 0 Å². The van der Waals surface area contributed by atoms with Gasteiger partial charge >= 0.3 is 0 Å². The fraction of sp³-hybridized carbons (Fsp3) is 0.158. The van der Waals surface area contributed by atoms with Gasteiger partial charge in [0.15, 0.2) is 0 Å². The molecule has 5 nitrogen and oxygen atoms in total. The second-order valence-electron chi connectivity index (χ2n) is 5.99. The van der Waals surface area contributed by atoms with Gasteiger partial charge in [-0.05, 0) is 42.8 Å². The van der Waals surface area contributed by atoms with Gasteiger partial charge in [0.1, 0.15) is 0 Å². The Labute approximate surface area is 149 Å². The van der Waals surface area contributed by atoms with Crippen molar-refractivity contribution in [2.45, 2.75) is 19.9 Å². The van der Waals surface area contributed by atoms with E-state index in [0.717, 1.165) is 39.5 Å². The topological polar surface area (TPSA) is 73.6 Å². The Kier molecular flexibility index (Phi) is 3.93. The van der Waals surface area contributed by atoms with Gasteiger partial charge in [-0.15, -0.1) is 0 Å². The van der Waals surface area contributed by atoms with Crippen molar-refractivity contribution in [2.75, 3.05) is 5.32 Å². The van der Waals surface area contributed by atoms with Gasteiger partial charge < -0.3 is 10.3 Å². The highest BCUT2D eigenvalue weighted by molar-refractivity contribution is 6.31. The Balaban J connectivity index is 1.68. The summed E-state index contributed by atoms with van der Waals surface area (Å²) < 4.78 is 0. The predicted molar refractivity (Wildman–Crippen MR) is 102 cm³/mol. The van der Waals surface area contributed by atoms with Gasteiger partial charge in [0.05, 0.1) is 11.7 Å². The van der Waals surface area contributed by atoms with E-state index in [1.807, 2.05) is 36.5 Å². The summed E-state index contributed by atoms with van der Waals surface area (Å²) in [5.74, 6) is 0. The van der Waals surface area contributed by atoms with Crippen LogP contribution in [0.5, 0.6) is 0 Å². The molecule has 0 aliphatic rings. The molecular weight excluding hydrogens is 336 g/mol. The molecule has 126 valence electrons. The summed E-state index contributed by atoms with van der Waals surface area (Å²) in [7, 11) is 0. The summed E-state index contributed by atoms with van der Waals surface area (Å²) in [4.78, 5) is 15.2. The van der Waals surface area contributed by atoms with Crippen molar-refractivity contribution in [3.63, 3.8) is 0 Å². The van der Waals surface area contributed by atoms with Crippen LogP contribution in [0.3, 0.4) is 0 Å². The zero-order valence-electron chi connectivity index (χ0n) is 13.7. The number of nitrogens with zero attached hydrogens (tertiary/aromatic N) is 1. The van der Waals surface area contributed by atoms with E-state index < -0.39 is 0 Å². The number of nitrogens with one attached hydrogen (secondary N) is 3. The van der Waals surface area contributed by atoms with Crippen LogP contribution in [0.4, 0.5) is 5.69 Å². The van der Waals surface area contributed by atoms with Gasteiger partial charge in [0, 0.05) is 44.7 Å². The number of halogens is 1. The Morgan fingerprint density at radius 2 is 2.04 bits per heavy atom. The molecule has 0 atom stereocenters. The first-order valence-electron chi connectivity index (χ1n) is 8.16. The zero-order valence-corrected chi connectivity index (χ0v) is 14.4. The van der Waals surface area contributed by atoms with Crippen LogP contribution in [0.25, 0.3) is 21.8 Å². The molecule has 2 aromatic heterocycles. The highest BCUT2D eigenvalue weighted by Gasteiger charge is 2.09. The third kappa shape index (κ3) is 2.87. The molecule has 2 heterocycles. The van der Waals surface area contributed by atoms with Crippen molar-refractivity contribution in [1.82, 2.24) is 15.2 Å². The molecule has 0 fully saturated rings. The number of H-pyrrole nitrogens is 2. The Bertz CT molecular complexity index is 1130. The molecule has 0 bridgehead atoms.